The number of aryl methyl sites for hydroxylation is 1. The average Bonchev–Trinajstić information content (AvgIpc) is 2.39. The summed E-state index contributed by atoms with van der Waals surface area (Å²) in [6.07, 6.45) is 1.53. The van der Waals surface area contributed by atoms with E-state index in [4.69, 9.17) is 10.5 Å². The van der Waals surface area contributed by atoms with E-state index >= 15 is 0 Å². The molecule has 3 N–H and O–H groups in total. The zero-order chi connectivity index (χ0) is 13.8. The van der Waals surface area contributed by atoms with Crippen molar-refractivity contribution in [2.45, 2.75) is 6.92 Å². The minimum absolute atomic E-state index is 0.248. The van der Waals surface area contributed by atoms with Crippen LogP contribution < -0.4 is 15.8 Å². The number of benzene rings is 1. The van der Waals surface area contributed by atoms with Crippen LogP contribution in [0.3, 0.4) is 0 Å². The minimum atomic E-state index is -0.248. The second-order valence-electron chi connectivity index (χ2n) is 4.08. The van der Waals surface area contributed by atoms with E-state index in [1.165, 1.54) is 13.3 Å². The average molecular weight is 257 g/mol. The Morgan fingerprint density at radius 2 is 2.11 bits per heavy atom. The predicted octanol–water partition coefficient (Wildman–Crippen LogP) is 2.23. The maximum atomic E-state index is 12.2. The Bertz CT molecular complexity index is 574. The van der Waals surface area contributed by atoms with Crippen molar-refractivity contribution in [2.24, 2.45) is 0 Å². The summed E-state index contributed by atoms with van der Waals surface area (Å²) in [5, 5.41) is 2.75. The molecule has 0 aliphatic carbocycles. The summed E-state index contributed by atoms with van der Waals surface area (Å²) in [4.78, 5) is 16.2. The summed E-state index contributed by atoms with van der Waals surface area (Å²) in [5.41, 5.74) is 8.19. The van der Waals surface area contributed by atoms with Gasteiger partial charge < -0.3 is 15.8 Å². The summed E-state index contributed by atoms with van der Waals surface area (Å²) in [7, 11) is 1.54. The maximum Gasteiger partial charge on any atom is 0.258 e. The molecule has 0 saturated carbocycles. The lowest BCUT2D eigenvalue weighted by atomic mass is 10.1. The Morgan fingerprint density at radius 1 is 1.32 bits per heavy atom. The lowest BCUT2D eigenvalue weighted by Crippen LogP contribution is -2.15. The second kappa shape index (κ2) is 5.39. The molecule has 1 heterocycles. The van der Waals surface area contributed by atoms with Crippen LogP contribution in [0, 0.1) is 6.92 Å². The highest BCUT2D eigenvalue weighted by Crippen LogP contribution is 2.18. The number of nitrogens with zero attached hydrogens (tertiary/aromatic N) is 1. The number of nitrogens with two attached hydrogens (primary N) is 1. The molecule has 19 heavy (non-hydrogen) atoms. The summed E-state index contributed by atoms with van der Waals surface area (Å²) in [5.74, 6) is 0.246. The van der Waals surface area contributed by atoms with E-state index in [9.17, 15) is 4.79 Å². The Balaban J connectivity index is 2.21. The molecule has 0 atom stereocenters. The van der Waals surface area contributed by atoms with Crippen molar-refractivity contribution in [1.29, 1.82) is 0 Å². The third-order valence-corrected chi connectivity index (χ3v) is 2.74. The second-order valence-corrected chi connectivity index (χ2v) is 4.08. The van der Waals surface area contributed by atoms with Crippen molar-refractivity contribution in [2.75, 3.05) is 18.2 Å². The molecule has 0 aliphatic heterocycles. The molecule has 0 spiro atoms. The van der Waals surface area contributed by atoms with Crippen molar-refractivity contribution in [3.8, 4) is 5.88 Å². The van der Waals surface area contributed by atoms with Gasteiger partial charge >= 0.3 is 0 Å². The van der Waals surface area contributed by atoms with Gasteiger partial charge in [-0.25, -0.2) is 4.98 Å². The maximum absolute atomic E-state index is 12.2. The van der Waals surface area contributed by atoms with Gasteiger partial charge in [0, 0.05) is 11.8 Å². The van der Waals surface area contributed by atoms with E-state index in [1.807, 2.05) is 19.1 Å². The summed E-state index contributed by atoms with van der Waals surface area (Å²) < 4.78 is 4.95. The fourth-order valence-electron chi connectivity index (χ4n) is 1.77. The number of pyridine rings is 1. The van der Waals surface area contributed by atoms with Crippen molar-refractivity contribution in [3.05, 3.63) is 47.7 Å². The fraction of sp³-hybridized carbons (Fsp3) is 0.143. The zero-order valence-electron chi connectivity index (χ0n) is 10.8. The topological polar surface area (TPSA) is 77.2 Å². The standard InChI is InChI=1S/C14H15N3O2/c1-9-4-3-5-11(15)13(9)14(18)17-10-6-7-12(19-2)16-8-10/h3-8H,15H2,1-2H3,(H,17,18). The molecular formula is C14H15N3O2. The number of carbonyl (C=O) groups is 1. The van der Waals surface area contributed by atoms with E-state index in [0.717, 1.165) is 5.56 Å². The van der Waals surface area contributed by atoms with Crippen molar-refractivity contribution < 1.29 is 9.53 Å². The van der Waals surface area contributed by atoms with Crippen LogP contribution in [0.5, 0.6) is 5.88 Å². The third-order valence-electron chi connectivity index (χ3n) is 2.74. The lowest BCUT2D eigenvalue weighted by Gasteiger charge is -2.10. The monoisotopic (exact) mass is 257 g/mol. The number of methoxy groups -OCH3 is 1. The molecule has 0 aliphatic rings. The van der Waals surface area contributed by atoms with Crippen LogP contribution in [0.15, 0.2) is 36.5 Å². The molecule has 1 amide bonds. The number of aromatic nitrogens is 1. The number of rotatable bonds is 3. The van der Waals surface area contributed by atoms with E-state index in [1.54, 1.807) is 18.2 Å². The van der Waals surface area contributed by atoms with Gasteiger partial charge in [0.05, 0.1) is 24.6 Å². The lowest BCUT2D eigenvalue weighted by molar-refractivity contribution is 0.102. The highest BCUT2D eigenvalue weighted by atomic mass is 16.5. The Hall–Kier alpha value is -2.56. The summed E-state index contributed by atoms with van der Waals surface area (Å²) >= 11 is 0. The SMILES string of the molecule is COc1ccc(NC(=O)c2c(C)cccc2N)cn1. The van der Waals surface area contributed by atoms with Gasteiger partial charge in [-0.3, -0.25) is 4.79 Å². The first-order valence-corrected chi connectivity index (χ1v) is 5.78. The number of amides is 1. The van der Waals surface area contributed by atoms with E-state index in [2.05, 4.69) is 10.3 Å². The summed E-state index contributed by atoms with van der Waals surface area (Å²) in [6.45, 7) is 1.84. The minimum Gasteiger partial charge on any atom is -0.481 e. The smallest absolute Gasteiger partial charge is 0.258 e. The van der Waals surface area contributed by atoms with Gasteiger partial charge in [-0.05, 0) is 24.6 Å². The van der Waals surface area contributed by atoms with Gasteiger partial charge in [0.25, 0.3) is 5.91 Å². The van der Waals surface area contributed by atoms with Crippen LogP contribution in [0.25, 0.3) is 0 Å². The van der Waals surface area contributed by atoms with Crippen molar-refractivity contribution in [1.82, 2.24) is 4.98 Å². The van der Waals surface area contributed by atoms with Crippen LogP contribution in [-0.4, -0.2) is 18.0 Å². The highest BCUT2D eigenvalue weighted by molar-refractivity contribution is 6.08. The van der Waals surface area contributed by atoms with Crippen LogP contribution in [0.1, 0.15) is 15.9 Å². The quantitative estimate of drug-likeness (QED) is 0.827. The van der Waals surface area contributed by atoms with Gasteiger partial charge in [-0.15, -0.1) is 0 Å². The predicted molar refractivity (Wildman–Crippen MR) is 74.3 cm³/mol. The summed E-state index contributed by atoms with van der Waals surface area (Å²) in [6, 6.07) is 8.76. The first kappa shape index (κ1) is 12.9. The molecule has 0 unspecified atom stereocenters. The molecule has 5 nitrogen and oxygen atoms in total. The molecule has 2 aromatic rings. The Labute approximate surface area is 111 Å². The number of ether oxygens (including phenoxy) is 1. The van der Waals surface area contributed by atoms with Gasteiger partial charge in [0.1, 0.15) is 0 Å². The number of hydrogen-bond donors (Lipinski definition) is 2. The molecule has 0 bridgehead atoms. The molecule has 0 saturated heterocycles. The first-order chi connectivity index (χ1) is 9.11. The zero-order valence-corrected chi connectivity index (χ0v) is 10.8. The number of carbonyl (C=O) groups excluding carboxylic acids is 1. The first-order valence-electron chi connectivity index (χ1n) is 5.78. The van der Waals surface area contributed by atoms with Gasteiger partial charge in [0.2, 0.25) is 5.88 Å². The highest BCUT2D eigenvalue weighted by Gasteiger charge is 2.12. The van der Waals surface area contributed by atoms with Crippen molar-refractivity contribution in [3.63, 3.8) is 0 Å². The third kappa shape index (κ3) is 2.82. The largest absolute Gasteiger partial charge is 0.481 e. The molecule has 98 valence electrons. The Kier molecular flexibility index (Phi) is 3.66. The molecule has 1 aromatic carbocycles. The molecular weight excluding hydrogens is 242 g/mol. The van der Waals surface area contributed by atoms with Gasteiger partial charge in [-0.1, -0.05) is 12.1 Å². The van der Waals surface area contributed by atoms with Gasteiger partial charge in [0.15, 0.2) is 0 Å². The molecule has 0 radical (unpaired) electrons. The molecule has 1 aromatic heterocycles. The Morgan fingerprint density at radius 3 is 2.68 bits per heavy atom. The fourth-order valence-corrected chi connectivity index (χ4v) is 1.77. The van der Waals surface area contributed by atoms with Gasteiger partial charge in [-0.2, -0.15) is 0 Å². The van der Waals surface area contributed by atoms with Crippen LogP contribution in [-0.2, 0) is 0 Å². The van der Waals surface area contributed by atoms with E-state index in [-0.39, 0.29) is 5.91 Å². The van der Waals surface area contributed by atoms with Crippen LogP contribution in [0.2, 0.25) is 0 Å². The van der Waals surface area contributed by atoms with Crippen LogP contribution >= 0.6 is 0 Å². The number of nitrogen functional groups attached to an aromatic ring is 1. The van der Waals surface area contributed by atoms with Crippen LogP contribution in [0.4, 0.5) is 11.4 Å². The number of nitrogens with one attached hydrogen (secondary N) is 1. The van der Waals surface area contributed by atoms with E-state index in [0.29, 0.717) is 22.8 Å². The molecule has 0 fully saturated rings. The van der Waals surface area contributed by atoms with E-state index < -0.39 is 0 Å². The number of anilines is 2. The normalized spacial score (nSPS) is 10.0. The number of hydrogen-bond acceptors (Lipinski definition) is 4. The molecule has 2 rings (SSSR count). The molecule has 5 heteroatoms. The van der Waals surface area contributed by atoms with Crippen molar-refractivity contribution >= 4 is 17.3 Å².